The van der Waals surface area contributed by atoms with Crippen molar-refractivity contribution in [2.45, 2.75) is 44.9 Å². The number of urea groups is 1. The van der Waals surface area contributed by atoms with E-state index in [2.05, 4.69) is 5.10 Å². The number of nitrogens with zero attached hydrogens (tertiary/aromatic N) is 3. The number of fused-ring (bicyclic) bond motifs is 3. The van der Waals surface area contributed by atoms with E-state index in [9.17, 15) is 9.90 Å². The molecule has 0 aliphatic carbocycles. The Morgan fingerprint density at radius 1 is 1.44 bits per heavy atom. The Balaban J connectivity index is 1.94. The molecule has 0 saturated heterocycles. The minimum Gasteiger partial charge on any atom is -0.391 e. The summed E-state index contributed by atoms with van der Waals surface area (Å²) in [6, 6.07) is -0.366. The number of aliphatic hydroxyl groups is 1. The van der Waals surface area contributed by atoms with Crippen LogP contribution in [0.5, 0.6) is 0 Å². The highest BCUT2D eigenvalue weighted by Gasteiger charge is 2.27. The molecule has 98 valence electrons. The third-order valence-electron chi connectivity index (χ3n) is 3.86. The van der Waals surface area contributed by atoms with Crippen LogP contribution in [0.4, 0.5) is 4.79 Å². The van der Waals surface area contributed by atoms with Crippen LogP contribution in [0.2, 0.25) is 0 Å². The molecule has 18 heavy (non-hydrogen) atoms. The molecular weight excluding hydrogens is 232 g/mol. The zero-order chi connectivity index (χ0) is 12.7. The molecule has 0 spiro atoms. The number of aliphatic hydroxyl groups excluding tert-OH is 1. The van der Waals surface area contributed by atoms with E-state index in [0.717, 1.165) is 36.9 Å². The van der Waals surface area contributed by atoms with Crippen LogP contribution in [0.1, 0.15) is 29.8 Å². The second-order valence-electron chi connectivity index (χ2n) is 5.11. The number of carbonyl (C=O) groups excluding carboxylic acids is 1. The van der Waals surface area contributed by atoms with Crippen molar-refractivity contribution in [1.82, 2.24) is 14.7 Å². The summed E-state index contributed by atoms with van der Waals surface area (Å²) < 4.78 is 1.92. The molecule has 0 bridgehead atoms. The van der Waals surface area contributed by atoms with E-state index in [1.807, 2.05) is 4.68 Å². The van der Waals surface area contributed by atoms with E-state index in [4.69, 9.17) is 5.73 Å². The summed E-state index contributed by atoms with van der Waals surface area (Å²) in [7, 11) is 0. The number of aromatic nitrogens is 2. The van der Waals surface area contributed by atoms with Crippen LogP contribution >= 0.6 is 0 Å². The summed E-state index contributed by atoms with van der Waals surface area (Å²) in [5.41, 5.74) is 8.73. The summed E-state index contributed by atoms with van der Waals surface area (Å²) in [6.45, 7) is 1.77. The van der Waals surface area contributed by atoms with Crippen molar-refractivity contribution in [1.29, 1.82) is 0 Å². The van der Waals surface area contributed by atoms with Gasteiger partial charge in [-0.05, 0) is 19.3 Å². The minimum atomic E-state index is -0.366. The van der Waals surface area contributed by atoms with Crippen LogP contribution in [0.15, 0.2) is 0 Å². The van der Waals surface area contributed by atoms with E-state index >= 15 is 0 Å². The van der Waals surface area contributed by atoms with Gasteiger partial charge in [-0.2, -0.15) is 5.10 Å². The van der Waals surface area contributed by atoms with Crippen molar-refractivity contribution in [3.63, 3.8) is 0 Å². The van der Waals surface area contributed by atoms with Gasteiger partial charge in [-0.25, -0.2) is 4.79 Å². The number of carbonyl (C=O) groups is 1. The van der Waals surface area contributed by atoms with Crippen molar-refractivity contribution >= 4 is 6.03 Å². The number of hydrogen-bond acceptors (Lipinski definition) is 3. The molecule has 0 saturated carbocycles. The highest BCUT2D eigenvalue weighted by molar-refractivity contribution is 5.72. The molecule has 0 fully saturated rings. The van der Waals surface area contributed by atoms with E-state index < -0.39 is 0 Å². The highest BCUT2D eigenvalue weighted by Crippen LogP contribution is 2.26. The molecule has 3 rings (SSSR count). The van der Waals surface area contributed by atoms with Gasteiger partial charge in [-0.1, -0.05) is 0 Å². The number of hydrogen-bond donors (Lipinski definition) is 2. The second-order valence-corrected chi connectivity index (χ2v) is 5.11. The van der Waals surface area contributed by atoms with Gasteiger partial charge in [-0.3, -0.25) is 4.68 Å². The maximum atomic E-state index is 11.3. The van der Waals surface area contributed by atoms with Crippen LogP contribution in [0.25, 0.3) is 0 Å². The fraction of sp³-hybridized carbons (Fsp3) is 0.667. The molecule has 2 aliphatic heterocycles. The van der Waals surface area contributed by atoms with Crippen LogP contribution in [-0.4, -0.2) is 38.5 Å². The Hall–Kier alpha value is -1.56. The smallest absolute Gasteiger partial charge is 0.315 e. The molecule has 1 aromatic heterocycles. The van der Waals surface area contributed by atoms with Gasteiger partial charge in [0.2, 0.25) is 0 Å². The standard InChI is InChI=1S/C12H18N4O2/c13-12(18)15-5-4-10-9(7-15)11-3-1-2-8(17)6-16(11)14-10/h8,17H,1-7H2,(H2,13,18). The lowest BCUT2D eigenvalue weighted by atomic mass is 10.0. The van der Waals surface area contributed by atoms with E-state index in [-0.39, 0.29) is 12.1 Å². The molecule has 1 unspecified atom stereocenters. The third kappa shape index (κ3) is 1.86. The Labute approximate surface area is 105 Å². The molecule has 1 aromatic rings. The van der Waals surface area contributed by atoms with Gasteiger partial charge in [-0.15, -0.1) is 0 Å². The summed E-state index contributed by atoms with van der Waals surface area (Å²) >= 11 is 0. The van der Waals surface area contributed by atoms with E-state index in [0.29, 0.717) is 19.6 Å². The summed E-state index contributed by atoms with van der Waals surface area (Å²) in [5.74, 6) is 0. The first-order valence-electron chi connectivity index (χ1n) is 6.45. The Kier molecular flexibility index (Phi) is 2.74. The van der Waals surface area contributed by atoms with Crippen LogP contribution in [0, 0.1) is 0 Å². The lowest BCUT2D eigenvalue weighted by Crippen LogP contribution is -2.39. The van der Waals surface area contributed by atoms with Crippen molar-refractivity contribution in [3.8, 4) is 0 Å². The highest BCUT2D eigenvalue weighted by atomic mass is 16.3. The number of amides is 2. The van der Waals surface area contributed by atoms with Gasteiger partial charge in [0, 0.05) is 24.2 Å². The lowest BCUT2D eigenvalue weighted by Gasteiger charge is -2.25. The molecule has 3 heterocycles. The summed E-state index contributed by atoms with van der Waals surface area (Å²) in [4.78, 5) is 12.9. The fourth-order valence-corrected chi connectivity index (χ4v) is 2.90. The molecule has 6 heteroatoms. The molecule has 3 N–H and O–H groups in total. The maximum absolute atomic E-state index is 11.3. The van der Waals surface area contributed by atoms with Crippen LogP contribution < -0.4 is 5.73 Å². The molecule has 0 aromatic carbocycles. The Morgan fingerprint density at radius 2 is 2.28 bits per heavy atom. The van der Waals surface area contributed by atoms with E-state index in [1.165, 1.54) is 5.69 Å². The Bertz CT molecular complexity index is 483. The van der Waals surface area contributed by atoms with Crippen molar-refractivity contribution in [2.24, 2.45) is 5.73 Å². The van der Waals surface area contributed by atoms with Gasteiger partial charge in [0.05, 0.1) is 24.9 Å². The van der Waals surface area contributed by atoms with Gasteiger partial charge >= 0.3 is 6.03 Å². The summed E-state index contributed by atoms with van der Waals surface area (Å²) in [5, 5.41) is 14.4. The topological polar surface area (TPSA) is 84.4 Å². The molecule has 2 amide bonds. The zero-order valence-corrected chi connectivity index (χ0v) is 10.3. The molecular formula is C12H18N4O2. The Morgan fingerprint density at radius 3 is 3.06 bits per heavy atom. The molecule has 2 aliphatic rings. The molecule has 0 radical (unpaired) electrons. The van der Waals surface area contributed by atoms with Crippen LogP contribution in [-0.2, 0) is 25.9 Å². The first-order valence-corrected chi connectivity index (χ1v) is 6.45. The van der Waals surface area contributed by atoms with Gasteiger partial charge in [0.15, 0.2) is 0 Å². The predicted octanol–water partition coefficient (Wildman–Crippen LogP) is 0.0171. The second kappa shape index (κ2) is 4.28. The quantitative estimate of drug-likeness (QED) is 0.680. The summed E-state index contributed by atoms with van der Waals surface area (Å²) in [6.07, 6.45) is 3.16. The normalized spacial score (nSPS) is 23.2. The SMILES string of the molecule is NC(=O)N1CCc2nn3c(c2C1)CCCC(O)C3. The van der Waals surface area contributed by atoms with Gasteiger partial charge < -0.3 is 15.7 Å². The van der Waals surface area contributed by atoms with Gasteiger partial charge in [0.25, 0.3) is 0 Å². The average molecular weight is 250 g/mol. The first-order chi connectivity index (χ1) is 8.65. The van der Waals surface area contributed by atoms with E-state index in [1.54, 1.807) is 4.90 Å². The third-order valence-corrected chi connectivity index (χ3v) is 3.86. The number of rotatable bonds is 0. The lowest BCUT2D eigenvalue weighted by molar-refractivity contribution is 0.143. The monoisotopic (exact) mass is 250 g/mol. The predicted molar refractivity (Wildman–Crippen MR) is 64.9 cm³/mol. The average Bonchev–Trinajstić information content (AvgIpc) is 2.55. The van der Waals surface area contributed by atoms with Crippen molar-refractivity contribution < 1.29 is 9.90 Å². The first kappa shape index (κ1) is 11.5. The largest absolute Gasteiger partial charge is 0.391 e. The molecule has 1 atom stereocenters. The molecule has 6 nitrogen and oxygen atoms in total. The number of nitrogens with two attached hydrogens (primary N) is 1. The van der Waals surface area contributed by atoms with Crippen molar-refractivity contribution in [3.05, 3.63) is 17.0 Å². The maximum Gasteiger partial charge on any atom is 0.315 e. The van der Waals surface area contributed by atoms with Crippen LogP contribution in [0.3, 0.4) is 0 Å². The fourth-order valence-electron chi connectivity index (χ4n) is 2.90. The number of primary amides is 1. The minimum absolute atomic E-state index is 0.306. The zero-order valence-electron chi connectivity index (χ0n) is 10.3. The van der Waals surface area contributed by atoms with Crippen molar-refractivity contribution in [2.75, 3.05) is 6.54 Å². The van der Waals surface area contributed by atoms with Gasteiger partial charge in [0.1, 0.15) is 0 Å².